The van der Waals surface area contributed by atoms with Gasteiger partial charge < -0.3 is 15.1 Å². The summed E-state index contributed by atoms with van der Waals surface area (Å²) in [5.41, 5.74) is 5.44. The molecule has 0 bridgehead atoms. The zero-order valence-corrected chi connectivity index (χ0v) is 21.0. The number of likely N-dealkylation sites (N-methyl/N-ethyl adjacent to an activating group) is 1. The molecule has 0 amide bonds. The number of anilines is 4. The fourth-order valence-electron chi connectivity index (χ4n) is 4.90. The highest BCUT2D eigenvalue weighted by atomic mass is 32.2. The molecule has 2 fully saturated rings. The third-order valence-electron chi connectivity index (χ3n) is 6.90. The quantitative estimate of drug-likeness (QED) is 0.447. The van der Waals surface area contributed by atoms with Crippen LogP contribution in [0.5, 0.6) is 0 Å². The van der Waals surface area contributed by atoms with Crippen LogP contribution in [0.25, 0.3) is 16.8 Å². The van der Waals surface area contributed by atoms with Crippen molar-refractivity contribution in [3.63, 3.8) is 0 Å². The number of piperazine rings is 1. The predicted molar refractivity (Wildman–Crippen MR) is 144 cm³/mol. The Hall–Kier alpha value is -3.63. The number of rotatable bonds is 5. The van der Waals surface area contributed by atoms with Gasteiger partial charge in [-0.3, -0.25) is 4.31 Å². The van der Waals surface area contributed by atoms with E-state index in [0.29, 0.717) is 24.6 Å². The molecule has 186 valence electrons. The summed E-state index contributed by atoms with van der Waals surface area (Å²) in [6.07, 6.45) is 2.44. The highest BCUT2D eigenvalue weighted by Gasteiger charge is 2.28. The van der Waals surface area contributed by atoms with Crippen molar-refractivity contribution >= 4 is 38.6 Å². The Morgan fingerprint density at radius 2 is 1.69 bits per heavy atom. The van der Waals surface area contributed by atoms with Crippen LogP contribution in [0.1, 0.15) is 6.42 Å². The molecular weight excluding hydrogens is 474 g/mol. The summed E-state index contributed by atoms with van der Waals surface area (Å²) >= 11 is 0. The van der Waals surface area contributed by atoms with Crippen LogP contribution in [0.15, 0.2) is 66.9 Å². The fraction of sp³-hybridized carbons (Fsp3) is 0.308. The number of hydrogen-bond donors (Lipinski definition) is 1. The highest BCUT2D eigenvalue weighted by molar-refractivity contribution is 7.93. The number of benzene rings is 2. The first-order valence-electron chi connectivity index (χ1n) is 12.2. The minimum Gasteiger partial charge on any atom is -0.369 e. The van der Waals surface area contributed by atoms with E-state index in [-0.39, 0.29) is 5.75 Å². The second kappa shape index (κ2) is 9.11. The summed E-state index contributed by atoms with van der Waals surface area (Å²) in [7, 11) is -1.08. The van der Waals surface area contributed by atoms with Crippen molar-refractivity contribution in [1.82, 2.24) is 19.5 Å². The lowest BCUT2D eigenvalue weighted by Gasteiger charge is -2.34. The molecule has 36 heavy (non-hydrogen) atoms. The van der Waals surface area contributed by atoms with Crippen molar-refractivity contribution in [2.45, 2.75) is 6.42 Å². The van der Waals surface area contributed by atoms with Crippen LogP contribution in [0.3, 0.4) is 0 Å². The Balaban J connectivity index is 1.28. The van der Waals surface area contributed by atoms with E-state index >= 15 is 0 Å². The first-order chi connectivity index (χ1) is 17.5. The average molecular weight is 504 g/mol. The van der Waals surface area contributed by atoms with Gasteiger partial charge >= 0.3 is 0 Å². The fourth-order valence-corrected chi connectivity index (χ4v) is 6.46. The molecule has 6 rings (SSSR count). The van der Waals surface area contributed by atoms with Crippen molar-refractivity contribution < 1.29 is 8.42 Å². The maximum Gasteiger partial charge on any atom is 0.245 e. The Bertz CT molecular complexity index is 1510. The summed E-state index contributed by atoms with van der Waals surface area (Å²) in [6.45, 7) is 4.64. The van der Waals surface area contributed by atoms with Gasteiger partial charge in [0, 0.05) is 49.7 Å². The zero-order chi connectivity index (χ0) is 24.7. The van der Waals surface area contributed by atoms with Crippen LogP contribution in [0, 0.1) is 0 Å². The lowest BCUT2D eigenvalue weighted by molar-refractivity contribution is 0.313. The van der Waals surface area contributed by atoms with Crippen LogP contribution in [-0.4, -0.2) is 73.4 Å². The van der Waals surface area contributed by atoms with E-state index in [2.05, 4.69) is 39.3 Å². The number of fused-ring (bicyclic) bond motifs is 1. The van der Waals surface area contributed by atoms with Gasteiger partial charge in [0.1, 0.15) is 0 Å². The maximum atomic E-state index is 12.4. The molecule has 2 saturated heterocycles. The van der Waals surface area contributed by atoms with Gasteiger partial charge in [0.05, 0.1) is 28.8 Å². The minimum atomic E-state index is -3.24. The van der Waals surface area contributed by atoms with Gasteiger partial charge in [-0.1, -0.05) is 18.2 Å². The van der Waals surface area contributed by atoms with Crippen LogP contribution < -0.4 is 14.5 Å². The molecule has 2 aliphatic heterocycles. The molecule has 1 N–H and O–H groups in total. The first kappa shape index (κ1) is 22.8. The first-order valence-corrected chi connectivity index (χ1v) is 13.8. The normalized spacial score (nSPS) is 18.1. The van der Waals surface area contributed by atoms with Crippen molar-refractivity contribution in [3.8, 4) is 11.3 Å². The summed E-state index contributed by atoms with van der Waals surface area (Å²) in [6, 6.07) is 19.9. The summed E-state index contributed by atoms with van der Waals surface area (Å²) in [4.78, 5) is 9.25. The third-order valence-corrected chi connectivity index (χ3v) is 8.77. The monoisotopic (exact) mass is 503 g/mol. The van der Waals surface area contributed by atoms with Crippen LogP contribution in [-0.2, 0) is 10.0 Å². The zero-order valence-electron chi connectivity index (χ0n) is 20.2. The molecule has 2 aromatic carbocycles. The molecule has 10 heteroatoms. The van der Waals surface area contributed by atoms with Gasteiger partial charge in [-0.15, -0.1) is 5.10 Å². The molecule has 0 atom stereocenters. The number of sulfonamides is 1. The van der Waals surface area contributed by atoms with Gasteiger partial charge in [0.2, 0.25) is 16.0 Å². The minimum absolute atomic E-state index is 0.198. The summed E-state index contributed by atoms with van der Waals surface area (Å²) in [5, 5.41) is 8.11. The van der Waals surface area contributed by atoms with Crippen LogP contribution in [0.2, 0.25) is 0 Å². The third kappa shape index (κ3) is 4.38. The Morgan fingerprint density at radius 3 is 2.50 bits per heavy atom. The standard InChI is InChI=1S/C26H29N7O2S/c1-30-12-14-31(15-13-30)22-7-3-6-21(18-22)28-26-27-19-24-9-10-25(33(24)29-26)20-5-2-8-23(17-20)32-11-4-16-36(32,34)35/h2-3,5-10,17-19H,4,11-16H2,1H3,(H,28,29). The Kier molecular flexibility index (Phi) is 5.77. The predicted octanol–water partition coefficient (Wildman–Crippen LogP) is 3.43. The van der Waals surface area contributed by atoms with Crippen molar-refractivity contribution in [3.05, 3.63) is 66.9 Å². The van der Waals surface area contributed by atoms with Gasteiger partial charge in [-0.25, -0.2) is 17.9 Å². The molecular formula is C26H29N7O2S. The van der Waals surface area contributed by atoms with E-state index in [4.69, 9.17) is 5.10 Å². The largest absolute Gasteiger partial charge is 0.369 e. The number of hydrogen-bond acceptors (Lipinski definition) is 7. The summed E-state index contributed by atoms with van der Waals surface area (Å²) in [5.74, 6) is 0.692. The lowest BCUT2D eigenvalue weighted by Crippen LogP contribution is -2.44. The highest BCUT2D eigenvalue weighted by Crippen LogP contribution is 2.30. The second-order valence-electron chi connectivity index (χ2n) is 9.39. The number of nitrogens with zero attached hydrogens (tertiary/aromatic N) is 6. The van der Waals surface area contributed by atoms with Gasteiger partial charge in [-0.2, -0.15) is 0 Å². The molecule has 9 nitrogen and oxygen atoms in total. The molecule has 0 spiro atoms. The molecule has 2 aliphatic rings. The van der Waals surface area contributed by atoms with E-state index in [9.17, 15) is 8.42 Å². The SMILES string of the molecule is CN1CCN(c2cccc(Nc3ncc4ccc(-c5cccc(N6CCCS6(=O)=O)c5)n4n3)c2)CC1. The Labute approximate surface area is 211 Å². The van der Waals surface area contributed by atoms with Crippen LogP contribution >= 0.6 is 0 Å². The molecule has 0 radical (unpaired) electrons. The molecule has 0 saturated carbocycles. The maximum absolute atomic E-state index is 12.4. The van der Waals surface area contributed by atoms with Crippen molar-refractivity contribution in [1.29, 1.82) is 0 Å². The summed E-state index contributed by atoms with van der Waals surface area (Å²) < 4.78 is 28.2. The molecule has 4 aromatic rings. The van der Waals surface area contributed by atoms with E-state index < -0.39 is 10.0 Å². The van der Waals surface area contributed by atoms with E-state index in [1.54, 1.807) is 6.20 Å². The van der Waals surface area contributed by atoms with E-state index in [1.807, 2.05) is 53.0 Å². The number of aromatic nitrogens is 3. The van der Waals surface area contributed by atoms with Crippen LogP contribution in [0.4, 0.5) is 23.0 Å². The van der Waals surface area contributed by atoms with Gasteiger partial charge in [0.15, 0.2) is 0 Å². The van der Waals surface area contributed by atoms with Gasteiger partial charge in [0.25, 0.3) is 0 Å². The van der Waals surface area contributed by atoms with Crippen molar-refractivity contribution in [2.24, 2.45) is 0 Å². The average Bonchev–Trinajstić information content (AvgIpc) is 3.47. The number of nitrogens with one attached hydrogen (secondary N) is 1. The molecule has 2 aromatic heterocycles. The Morgan fingerprint density at radius 1 is 0.889 bits per heavy atom. The topological polar surface area (TPSA) is 86.1 Å². The van der Waals surface area contributed by atoms with Gasteiger partial charge in [-0.05, 0) is 55.9 Å². The molecule has 4 heterocycles. The second-order valence-corrected chi connectivity index (χ2v) is 11.4. The van der Waals surface area contributed by atoms with E-state index in [1.165, 1.54) is 9.99 Å². The molecule has 0 aliphatic carbocycles. The molecule has 0 unspecified atom stereocenters. The van der Waals surface area contributed by atoms with Crippen molar-refractivity contribution in [2.75, 3.05) is 60.0 Å². The lowest BCUT2D eigenvalue weighted by atomic mass is 10.1. The smallest absolute Gasteiger partial charge is 0.245 e. The van der Waals surface area contributed by atoms with E-state index in [0.717, 1.165) is 48.6 Å².